The minimum atomic E-state index is -0.366. The first kappa shape index (κ1) is 22.1. The zero-order chi connectivity index (χ0) is 20.6. The third kappa shape index (κ3) is 5.67. The highest BCUT2D eigenvalue weighted by atomic mass is 19.1. The van der Waals surface area contributed by atoms with Crippen molar-refractivity contribution in [2.75, 3.05) is 38.2 Å². The highest BCUT2D eigenvalue weighted by Gasteiger charge is 2.35. The van der Waals surface area contributed by atoms with E-state index in [0.29, 0.717) is 32.5 Å². The monoisotopic (exact) mass is 394 g/mol. The number of rotatable bonds is 8. The molecule has 8 heteroatoms. The van der Waals surface area contributed by atoms with Crippen molar-refractivity contribution in [3.05, 3.63) is 42.2 Å². The van der Waals surface area contributed by atoms with Crippen LogP contribution in [0.3, 0.4) is 0 Å². The summed E-state index contributed by atoms with van der Waals surface area (Å²) < 4.78 is 18.3. The minimum absolute atomic E-state index is 0.209. The van der Waals surface area contributed by atoms with Gasteiger partial charge in [-0.15, -0.1) is 0 Å². The average molecular weight is 394 g/mol. The highest BCUT2D eigenvalue weighted by Crippen LogP contribution is 2.28. The van der Waals surface area contributed by atoms with Crippen molar-refractivity contribution in [3.8, 4) is 0 Å². The van der Waals surface area contributed by atoms with Crippen molar-refractivity contribution in [2.45, 2.75) is 32.9 Å². The summed E-state index contributed by atoms with van der Waals surface area (Å²) in [5.74, 6) is 5.23. The summed E-state index contributed by atoms with van der Waals surface area (Å²) in [6.07, 6.45) is 1.89. The van der Waals surface area contributed by atoms with Gasteiger partial charge in [0, 0.05) is 37.4 Å². The van der Waals surface area contributed by atoms with E-state index < -0.39 is 0 Å². The van der Waals surface area contributed by atoms with Gasteiger partial charge in [0.05, 0.1) is 6.33 Å². The van der Waals surface area contributed by atoms with Crippen LogP contribution in [0.25, 0.3) is 0 Å². The maximum absolute atomic E-state index is 12.8. The van der Waals surface area contributed by atoms with Crippen LogP contribution in [0.2, 0.25) is 0 Å². The van der Waals surface area contributed by atoms with Gasteiger partial charge in [-0.25, -0.2) is 15.1 Å². The van der Waals surface area contributed by atoms with E-state index in [1.165, 1.54) is 0 Å². The fourth-order valence-electron chi connectivity index (χ4n) is 3.24. The first-order valence-corrected chi connectivity index (χ1v) is 9.50. The second kappa shape index (κ2) is 10.4. The van der Waals surface area contributed by atoms with E-state index in [1.807, 2.05) is 31.2 Å². The van der Waals surface area contributed by atoms with Gasteiger partial charge in [-0.1, -0.05) is 26.0 Å². The summed E-state index contributed by atoms with van der Waals surface area (Å²) in [5, 5.41) is 2.98. The molecule has 0 unspecified atom stereocenters. The second-order valence-electron chi connectivity index (χ2n) is 7.39. The van der Waals surface area contributed by atoms with Gasteiger partial charge < -0.3 is 15.0 Å². The Labute approximate surface area is 166 Å². The number of nitrogens with zero attached hydrogens (tertiary/aromatic N) is 2. The Morgan fingerprint density at radius 3 is 2.46 bits per heavy atom. The Balaban J connectivity index is 1.82. The molecule has 0 aromatic heterocycles. The third-order valence-electron chi connectivity index (χ3n) is 5.46. The van der Waals surface area contributed by atoms with Crippen molar-refractivity contribution in [1.29, 1.82) is 0 Å². The normalized spacial score (nSPS) is 17.7. The summed E-state index contributed by atoms with van der Waals surface area (Å²) >= 11 is 0. The number of anilines is 1. The predicted molar refractivity (Wildman–Crippen MR) is 107 cm³/mol. The fraction of sp³-hybridized carbons (Fsp3) is 0.550. The smallest absolute Gasteiger partial charge is 0.410 e. The Morgan fingerprint density at radius 1 is 1.29 bits per heavy atom. The molecule has 3 N–H and O–H groups in total. The van der Waals surface area contributed by atoms with Gasteiger partial charge >= 0.3 is 6.09 Å². The van der Waals surface area contributed by atoms with Crippen molar-refractivity contribution in [1.82, 2.24) is 9.80 Å². The van der Waals surface area contributed by atoms with Crippen molar-refractivity contribution < 1.29 is 18.8 Å². The van der Waals surface area contributed by atoms with E-state index in [4.69, 9.17) is 10.6 Å². The fourth-order valence-corrected chi connectivity index (χ4v) is 3.24. The lowest BCUT2D eigenvalue weighted by Crippen LogP contribution is -2.58. The molecule has 156 valence electrons. The van der Waals surface area contributed by atoms with Gasteiger partial charge in [0.15, 0.2) is 0 Å². The molecule has 1 fully saturated rings. The van der Waals surface area contributed by atoms with E-state index in [2.05, 4.69) is 28.9 Å². The van der Waals surface area contributed by atoms with Gasteiger partial charge in [0.25, 0.3) is 0 Å². The van der Waals surface area contributed by atoms with Crippen molar-refractivity contribution in [3.63, 3.8) is 0 Å². The molecule has 0 saturated carbocycles. The number of carbonyl (C=O) groups is 1. The van der Waals surface area contributed by atoms with E-state index in [1.54, 1.807) is 11.0 Å². The molecule has 1 aromatic carbocycles. The van der Waals surface area contributed by atoms with E-state index in [9.17, 15) is 9.18 Å². The Bertz CT molecular complexity index is 645. The Morgan fingerprint density at radius 2 is 1.93 bits per heavy atom. The van der Waals surface area contributed by atoms with Crippen LogP contribution in [0.5, 0.6) is 0 Å². The summed E-state index contributed by atoms with van der Waals surface area (Å²) in [6, 6.07) is 7.49. The van der Waals surface area contributed by atoms with Crippen LogP contribution in [0.4, 0.5) is 14.9 Å². The lowest BCUT2D eigenvalue weighted by atomic mass is 9.86. The van der Waals surface area contributed by atoms with Gasteiger partial charge in [-0.05, 0) is 36.6 Å². The number of benzene rings is 1. The number of ether oxygens (including phenoxy) is 1. The molecule has 1 aliphatic heterocycles. The number of halogens is 1. The van der Waals surface area contributed by atoms with Crippen LogP contribution in [-0.2, 0) is 16.2 Å². The topological polar surface area (TPSA) is 80.1 Å². The van der Waals surface area contributed by atoms with Gasteiger partial charge in [-0.2, -0.15) is 0 Å². The molecule has 28 heavy (non-hydrogen) atoms. The highest BCUT2D eigenvalue weighted by molar-refractivity contribution is 5.67. The molecule has 1 saturated heterocycles. The molecule has 7 nitrogen and oxygen atoms in total. The molecule has 0 radical (unpaired) electrons. The lowest BCUT2D eigenvalue weighted by Gasteiger charge is -2.46. The quantitative estimate of drug-likeness (QED) is 0.521. The molecular weight excluding hydrogens is 363 g/mol. The first-order chi connectivity index (χ1) is 13.4. The summed E-state index contributed by atoms with van der Waals surface area (Å²) in [6.45, 7) is 9.08. The zero-order valence-corrected chi connectivity index (χ0v) is 16.9. The number of amides is 1. The van der Waals surface area contributed by atoms with Crippen molar-refractivity contribution >= 4 is 11.8 Å². The number of hydrogen-bond donors (Lipinski definition) is 2. The van der Waals surface area contributed by atoms with Crippen LogP contribution < -0.4 is 11.2 Å². The van der Waals surface area contributed by atoms with Crippen molar-refractivity contribution in [2.24, 2.45) is 11.8 Å². The van der Waals surface area contributed by atoms with Crippen LogP contribution >= 0.6 is 0 Å². The molecule has 1 heterocycles. The van der Waals surface area contributed by atoms with Crippen LogP contribution in [0, 0.1) is 5.92 Å². The second-order valence-corrected chi connectivity index (χ2v) is 7.39. The summed E-state index contributed by atoms with van der Waals surface area (Å²) in [4.78, 5) is 20.7. The summed E-state index contributed by atoms with van der Waals surface area (Å²) in [7, 11) is 0. The standard InChI is InChI=1S/C20H31FN4O3/c1-16(2)20(3,8-9-21)25-12-10-24(11-13-25)19(26)27-14-17-4-6-18(7-5-17)23-15-28-22/h4-9,16,23H,10-15,22H2,1-3H3/b9-8+/t20-/m0/s1. The van der Waals surface area contributed by atoms with Crippen LogP contribution in [0.15, 0.2) is 36.7 Å². The summed E-state index contributed by atoms with van der Waals surface area (Å²) in [5.41, 5.74) is 1.40. The molecule has 0 aliphatic carbocycles. The van der Waals surface area contributed by atoms with Gasteiger partial charge in [-0.3, -0.25) is 9.74 Å². The van der Waals surface area contributed by atoms with Crippen LogP contribution in [0.1, 0.15) is 26.3 Å². The Hall–Kier alpha value is -2.16. The molecular formula is C20H31FN4O3. The third-order valence-corrected chi connectivity index (χ3v) is 5.46. The predicted octanol–water partition coefficient (Wildman–Crippen LogP) is 3.10. The maximum Gasteiger partial charge on any atom is 0.410 e. The molecule has 0 spiro atoms. The molecule has 1 aromatic rings. The van der Waals surface area contributed by atoms with E-state index >= 15 is 0 Å². The molecule has 2 rings (SSSR count). The largest absolute Gasteiger partial charge is 0.445 e. The maximum atomic E-state index is 12.8. The molecule has 0 bridgehead atoms. The average Bonchev–Trinajstić information content (AvgIpc) is 2.71. The Kier molecular flexibility index (Phi) is 8.22. The molecule has 1 amide bonds. The van der Waals surface area contributed by atoms with Crippen LogP contribution in [-0.4, -0.2) is 54.3 Å². The number of nitrogens with two attached hydrogens (primary N) is 1. The SMILES string of the molecule is CC(C)[C@](C)(/C=C/F)N1CCN(C(=O)OCc2ccc(NCON)cc2)CC1. The first-order valence-electron chi connectivity index (χ1n) is 9.50. The number of carbonyl (C=O) groups excluding carboxylic acids is 1. The van der Waals surface area contributed by atoms with E-state index in [0.717, 1.165) is 11.3 Å². The zero-order valence-electron chi connectivity index (χ0n) is 16.9. The number of hydrogen-bond acceptors (Lipinski definition) is 6. The number of nitrogens with one attached hydrogen (secondary N) is 1. The van der Waals surface area contributed by atoms with Gasteiger partial charge in [0.1, 0.15) is 13.3 Å². The minimum Gasteiger partial charge on any atom is -0.445 e. The number of piperazine rings is 1. The molecule has 1 atom stereocenters. The van der Waals surface area contributed by atoms with E-state index in [-0.39, 0.29) is 30.9 Å². The lowest BCUT2D eigenvalue weighted by molar-refractivity contribution is 0.0312. The van der Waals surface area contributed by atoms with Gasteiger partial charge in [0.2, 0.25) is 0 Å². The molecule has 1 aliphatic rings.